The maximum atomic E-state index is 15.0. The lowest BCUT2D eigenvalue weighted by atomic mass is 9.80. The molecule has 0 aromatic heterocycles. The highest BCUT2D eigenvalue weighted by Gasteiger charge is 2.22. The van der Waals surface area contributed by atoms with Gasteiger partial charge in [0.1, 0.15) is 0 Å². The molecule has 4 rings (SSSR count). The van der Waals surface area contributed by atoms with Crippen LogP contribution in [0.4, 0.5) is 8.78 Å². The molecule has 2 aliphatic carbocycles. The normalized spacial score (nSPS) is 23.0. The molecule has 0 saturated heterocycles. The third-order valence-electron chi connectivity index (χ3n) is 8.36. The molecule has 35 heavy (non-hydrogen) atoms. The molecule has 2 aliphatic rings. The molecule has 1 saturated carbocycles. The Morgan fingerprint density at radius 2 is 1.66 bits per heavy atom. The second-order valence-corrected chi connectivity index (χ2v) is 10.7. The fourth-order valence-corrected chi connectivity index (χ4v) is 6.04. The van der Waals surface area contributed by atoms with E-state index < -0.39 is 11.6 Å². The minimum absolute atomic E-state index is 0.449. The van der Waals surface area contributed by atoms with Gasteiger partial charge in [-0.25, -0.2) is 8.78 Å². The van der Waals surface area contributed by atoms with Crippen LogP contribution in [0.1, 0.15) is 106 Å². The Bertz CT molecular complexity index is 1010. The summed E-state index contributed by atoms with van der Waals surface area (Å²) in [6.45, 7) is 4.44. The predicted molar refractivity (Wildman–Crippen MR) is 145 cm³/mol. The summed E-state index contributed by atoms with van der Waals surface area (Å²) in [5.74, 6) is 0.716. The molecule has 0 spiro atoms. The van der Waals surface area contributed by atoms with Crippen LogP contribution in [0.25, 0.3) is 5.57 Å². The van der Waals surface area contributed by atoms with Gasteiger partial charge in [0.15, 0.2) is 11.6 Å². The third-order valence-corrected chi connectivity index (χ3v) is 8.36. The van der Waals surface area contributed by atoms with Crippen LogP contribution < -0.4 is 0 Å². The molecular formula is C33H42F2. The fourth-order valence-electron chi connectivity index (χ4n) is 6.04. The third kappa shape index (κ3) is 6.72. The van der Waals surface area contributed by atoms with Gasteiger partial charge < -0.3 is 0 Å². The van der Waals surface area contributed by atoms with Crippen LogP contribution >= 0.6 is 0 Å². The molecule has 0 aliphatic heterocycles. The lowest BCUT2D eigenvalue weighted by Gasteiger charge is -2.26. The summed E-state index contributed by atoms with van der Waals surface area (Å²) in [7, 11) is 0. The van der Waals surface area contributed by atoms with E-state index in [4.69, 9.17) is 0 Å². The Hall–Kier alpha value is -2.22. The molecule has 188 valence electrons. The van der Waals surface area contributed by atoms with Gasteiger partial charge in [0, 0.05) is 5.56 Å². The first-order chi connectivity index (χ1) is 17.1. The van der Waals surface area contributed by atoms with Crippen molar-refractivity contribution in [3.63, 3.8) is 0 Å². The van der Waals surface area contributed by atoms with Crippen molar-refractivity contribution in [2.75, 3.05) is 0 Å². The van der Waals surface area contributed by atoms with Gasteiger partial charge in [-0.2, -0.15) is 0 Å². The van der Waals surface area contributed by atoms with Gasteiger partial charge in [0.25, 0.3) is 0 Å². The van der Waals surface area contributed by atoms with Gasteiger partial charge >= 0.3 is 0 Å². The highest BCUT2D eigenvalue weighted by atomic mass is 19.2. The van der Waals surface area contributed by atoms with Crippen molar-refractivity contribution in [2.45, 2.75) is 96.8 Å². The Morgan fingerprint density at radius 3 is 2.31 bits per heavy atom. The summed E-state index contributed by atoms with van der Waals surface area (Å²) in [6.07, 6.45) is 19.5. The quantitative estimate of drug-likeness (QED) is 0.316. The number of allylic oxidation sites excluding steroid dienone is 4. The average molecular weight is 477 g/mol. The van der Waals surface area contributed by atoms with Crippen LogP contribution in [0.15, 0.2) is 54.6 Å². The number of halogens is 2. The molecule has 1 fully saturated rings. The first kappa shape index (κ1) is 25.9. The molecule has 0 bridgehead atoms. The zero-order chi connectivity index (χ0) is 24.6. The zero-order valence-electron chi connectivity index (χ0n) is 21.7. The minimum Gasteiger partial charge on any atom is -0.203 e. The molecular weight excluding hydrogens is 434 g/mol. The molecule has 0 heterocycles. The number of aryl methyl sites for hydroxylation is 2. The van der Waals surface area contributed by atoms with Gasteiger partial charge in [0.05, 0.1) is 0 Å². The molecule has 0 radical (unpaired) electrons. The Balaban J connectivity index is 1.31. The van der Waals surface area contributed by atoms with Crippen molar-refractivity contribution in [3.05, 3.63) is 88.5 Å². The van der Waals surface area contributed by atoms with Crippen molar-refractivity contribution >= 4 is 5.57 Å². The molecule has 1 atom stereocenters. The SMILES string of the molecule is CCCC1CCC(/C=C/CCc2ccc(C3=CCC(c4ccc(CC)cc4)CC3)c(F)c2F)CC1. The minimum atomic E-state index is -0.669. The van der Waals surface area contributed by atoms with Gasteiger partial charge in [-0.1, -0.05) is 81.3 Å². The van der Waals surface area contributed by atoms with Crippen LogP contribution in [0.5, 0.6) is 0 Å². The van der Waals surface area contributed by atoms with E-state index in [2.05, 4.69) is 56.3 Å². The fraction of sp³-hybridized carbons (Fsp3) is 0.515. The van der Waals surface area contributed by atoms with Crippen LogP contribution in [-0.2, 0) is 12.8 Å². The summed E-state index contributed by atoms with van der Waals surface area (Å²) in [4.78, 5) is 0. The molecule has 2 heteroatoms. The van der Waals surface area contributed by atoms with Crippen LogP contribution in [-0.4, -0.2) is 0 Å². The summed E-state index contributed by atoms with van der Waals surface area (Å²) >= 11 is 0. The maximum absolute atomic E-state index is 15.0. The number of rotatable bonds is 9. The van der Waals surface area contributed by atoms with Crippen molar-refractivity contribution in [1.82, 2.24) is 0 Å². The van der Waals surface area contributed by atoms with Gasteiger partial charge in [-0.05, 0) is 104 Å². The largest absolute Gasteiger partial charge is 0.203 e. The van der Waals surface area contributed by atoms with Crippen molar-refractivity contribution < 1.29 is 8.78 Å². The van der Waals surface area contributed by atoms with E-state index in [1.165, 1.54) is 49.7 Å². The second kappa shape index (κ2) is 12.7. The van der Waals surface area contributed by atoms with E-state index in [0.717, 1.165) is 43.6 Å². The van der Waals surface area contributed by atoms with Crippen molar-refractivity contribution in [2.24, 2.45) is 11.8 Å². The summed E-state index contributed by atoms with van der Waals surface area (Å²) < 4.78 is 29.9. The number of hydrogen-bond donors (Lipinski definition) is 0. The Kier molecular flexibility index (Phi) is 9.35. The number of benzene rings is 2. The molecule has 0 N–H and O–H groups in total. The first-order valence-electron chi connectivity index (χ1n) is 14.0. The number of hydrogen-bond acceptors (Lipinski definition) is 0. The van der Waals surface area contributed by atoms with Crippen molar-refractivity contribution in [3.8, 4) is 0 Å². The second-order valence-electron chi connectivity index (χ2n) is 10.7. The van der Waals surface area contributed by atoms with E-state index in [0.29, 0.717) is 29.4 Å². The zero-order valence-corrected chi connectivity index (χ0v) is 21.7. The van der Waals surface area contributed by atoms with Crippen molar-refractivity contribution in [1.29, 1.82) is 0 Å². The van der Waals surface area contributed by atoms with Gasteiger partial charge in [-0.3, -0.25) is 0 Å². The van der Waals surface area contributed by atoms with Crippen LogP contribution in [0, 0.1) is 23.5 Å². The molecule has 0 amide bonds. The van der Waals surface area contributed by atoms with Gasteiger partial charge in [-0.15, -0.1) is 0 Å². The van der Waals surface area contributed by atoms with E-state index in [1.807, 2.05) is 0 Å². The molecule has 0 nitrogen and oxygen atoms in total. The van der Waals surface area contributed by atoms with E-state index >= 15 is 4.39 Å². The van der Waals surface area contributed by atoms with Gasteiger partial charge in [0.2, 0.25) is 0 Å². The van der Waals surface area contributed by atoms with Crippen LogP contribution in [0.2, 0.25) is 0 Å². The Labute approximate surface area is 211 Å². The monoisotopic (exact) mass is 476 g/mol. The lowest BCUT2D eigenvalue weighted by molar-refractivity contribution is 0.294. The van der Waals surface area contributed by atoms with E-state index in [-0.39, 0.29) is 0 Å². The molecule has 2 aromatic carbocycles. The topological polar surface area (TPSA) is 0 Å². The molecule has 2 aromatic rings. The Morgan fingerprint density at radius 1 is 0.886 bits per heavy atom. The summed E-state index contributed by atoms with van der Waals surface area (Å²) in [5.41, 5.74) is 4.59. The highest BCUT2D eigenvalue weighted by Crippen LogP contribution is 2.37. The average Bonchev–Trinajstić information content (AvgIpc) is 2.90. The standard InChI is InChI=1S/C33H42F2/c1-3-7-25-10-12-26(13-11-25)8-5-6-9-30-22-23-31(33(35)32(30)34)29-20-18-28(19-21-29)27-16-14-24(4-2)15-17-27/h5,8,14-17,20,22-23,25-26,28H,3-4,6-7,9-13,18-19,21H2,1-2H3/b8-5+. The summed E-state index contributed by atoms with van der Waals surface area (Å²) in [5, 5.41) is 0. The van der Waals surface area contributed by atoms with E-state index in [9.17, 15) is 4.39 Å². The smallest absolute Gasteiger partial charge is 0.166 e. The maximum Gasteiger partial charge on any atom is 0.166 e. The lowest BCUT2D eigenvalue weighted by Crippen LogP contribution is -2.12. The molecule has 1 unspecified atom stereocenters. The summed E-state index contributed by atoms with van der Waals surface area (Å²) in [6, 6.07) is 12.5. The van der Waals surface area contributed by atoms with E-state index in [1.54, 1.807) is 12.1 Å². The predicted octanol–water partition coefficient (Wildman–Crippen LogP) is 9.97. The van der Waals surface area contributed by atoms with Crippen LogP contribution in [0.3, 0.4) is 0 Å². The highest BCUT2D eigenvalue weighted by molar-refractivity contribution is 5.67. The first-order valence-corrected chi connectivity index (χ1v) is 14.0.